The molecule has 0 saturated heterocycles. The molecule has 0 aromatic heterocycles. The van der Waals surface area contributed by atoms with Crippen molar-refractivity contribution < 1.29 is 9.90 Å². The third kappa shape index (κ3) is 2.83. The lowest BCUT2D eigenvalue weighted by atomic mass is 9.95. The van der Waals surface area contributed by atoms with Crippen molar-refractivity contribution in [3.63, 3.8) is 0 Å². The van der Waals surface area contributed by atoms with Crippen molar-refractivity contribution in [1.29, 1.82) is 0 Å². The van der Waals surface area contributed by atoms with Crippen molar-refractivity contribution in [2.24, 2.45) is 0 Å². The normalized spacial score (nSPS) is 14.7. The standard InChI is InChI=1S/C18H19NO2/c1-2-12-8-14-11-17(21)19-18(14)15(9-12)16(20)10-13-6-4-3-5-7-13/h3-9,16,20H,2,10-11H2,1H3,(H,19,21). The largest absolute Gasteiger partial charge is 0.388 e. The fourth-order valence-corrected chi connectivity index (χ4v) is 2.86. The number of fused-ring (bicyclic) bond motifs is 1. The summed E-state index contributed by atoms with van der Waals surface area (Å²) < 4.78 is 0. The smallest absolute Gasteiger partial charge is 0.228 e. The second kappa shape index (κ2) is 5.70. The van der Waals surface area contributed by atoms with Crippen LogP contribution < -0.4 is 5.32 Å². The lowest BCUT2D eigenvalue weighted by Gasteiger charge is -2.17. The number of nitrogens with one attached hydrogen (secondary N) is 1. The van der Waals surface area contributed by atoms with Gasteiger partial charge in [-0.3, -0.25) is 4.79 Å². The van der Waals surface area contributed by atoms with Crippen LogP contribution in [0.15, 0.2) is 42.5 Å². The molecule has 0 saturated carbocycles. The molecule has 0 aliphatic carbocycles. The fraction of sp³-hybridized carbons (Fsp3) is 0.278. The highest BCUT2D eigenvalue weighted by molar-refractivity contribution is 6.00. The number of carbonyl (C=O) groups is 1. The van der Waals surface area contributed by atoms with Crippen molar-refractivity contribution in [3.8, 4) is 0 Å². The van der Waals surface area contributed by atoms with Gasteiger partial charge in [-0.25, -0.2) is 0 Å². The summed E-state index contributed by atoms with van der Waals surface area (Å²) in [6.07, 6.45) is 1.25. The van der Waals surface area contributed by atoms with E-state index in [0.717, 1.165) is 34.4 Å². The first kappa shape index (κ1) is 13.8. The molecule has 0 bridgehead atoms. The van der Waals surface area contributed by atoms with Crippen molar-refractivity contribution in [2.75, 3.05) is 5.32 Å². The summed E-state index contributed by atoms with van der Waals surface area (Å²) in [7, 11) is 0. The van der Waals surface area contributed by atoms with E-state index in [-0.39, 0.29) is 5.91 Å². The van der Waals surface area contributed by atoms with Gasteiger partial charge in [0.2, 0.25) is 5.91 Å². The van der Waals surface area contributed by atoms with E-state index in [1.165, 1.54) is 0 Å². The summed E-state index contributed by atoms with van der Waals surface area (Å²) in [5, 5.41) is 13.5. The molecule has 3 rings (SSSR count). The maximum atomic E-state index is 11.6. The van der Waals surface area contributed by atoms with Gasteiger partial charge < -0.3 is 10.4 Å². The Kier molecular flexibility index (Phi) is 3.76. The average Bonchev–Trinajstić information content (AvgIpc) is 2.87. The first-order valence-electron chi connectivity index (χ1n) is 7.35. The van der Waals surface area contributed by atoms with Gasteiger partial charge in [0, 0.05) is 12.0 Å². The minimum Gasteiger partial charge on any atom is -0.388 e. The summed E-state index contributed by atoms with van der Waals surface area (Å²) >= 11 is 0. The second-order valence-electron chi connectivity index (χ2n) is 5.50. The van der Waals surface area contributed by atoms with Gasteiger partial charge in [-0.05, 0) is 23.1 Å². The van der Waals surface area contributed by atoms with Gasteiger partial charge in [0.1, 0.15) is 0 Å². The zero-order chi connectivity index (χ0) is 14.8. The van der Waals surface area contributed by atoms with E-state index in [1.54, 1.807) is 0 Å². The quantitative estimate of drug-likeness (QED) is 0.905. The predicted molar refractivity (Wildman–Crippen MR) is 83.3 cm³/mol. The molecule has 3 heteroatoms. The maximum absolute atomic E-state index is 11.6. The van der Waals surface area contributed by atoms with E-state index >= 15 is 0 Å². The minimum atomic E-state index is -0.606. The van der Waals surface area contributed by atoms with Gasteiger partial charge in [0.25, 0.3) is 0 Å². The summed E-state index contributed by atoms with van der Waals surface area (Å²) in [5.41, 5.74) is 4.89. The first-order valence-corrected chi connectivity index (χ1v) is 7.35. The van der Waals surface area contributed by atoms with Gasteiger partial charge in [0.15, 0.2) is 0 Å². The molecule has 1 aliphatic rings. The van der Waals surface area contributed by atoms with Gasteiger partial charge in [-0.15, -0.1) is 0 Å². The fourth-order valence-electron chi connectivity index (χ4n) is 2.86. The molecule has 108 valence electrons. The SMILES string of the molecule is CCc1cc2c(c(C(O)Cc3ccccc3)c1)NC(=O)C2. The molecule has 1 unspecified atom stereocenters. The van der Waals surface area contributed by atoms with Crippen molar-refractivity contribution in [3.05, 3.63) is 64.7 Å². The van der Waals surface area contributed by atoms with Crippen LogP contribution >= 0.6 is 0 Å². The Morgan fingerprint density at radius 3 is 2.67 bits per heavy atom. The first-order chi connectivity index (χ1) is 10.2. The highest BCUT2D eigenvalue weighted by Crippen LogP contribution is 2.34. The molecular formula is C18H19NO2. The Morgan fingerprint density at radius 2 is 1.95 bits per heavy atom. The minimum absolute atomic E-state index is 0.00594. The third-order valence-corrected chi connectivity index (χ3v) is 3.96. The van der Waals surface area contributed by atoms with Crippen LogP contribution in [0.5, 0.6) is 0 Å². The Balaban J connectivity index is 1.94. The molecular weight excluding hydrogens is 262 g/mol. The zero-order valence-electron chi connectivity index (χ0n) is 12.1. The molecule has 0 fully saturated rings. The van der Waals surface area contributed by atoms with Crippen molar-refractivity contribution in [1.82, 2.24) is 0 Å². The van der Waals surface area contributed by atoms with Crippen LogP contribution in [0.4, 0.5) is 5.69 Å². The molecule has 1 atom stereocenters. The Labute approximate surface area is 124 Å². The molecule has 1 amide bonds. The number of aliphatic hydroxyl groups is 1. The highest BCUT2D eigenvalue weighted by Gasteiger charge is 2.24. The molecule has 3 nitrogen and oxygen atoms in total. The summed E-state index contributed by atoms with van der Waals surface area (Å²) in [6.45, 7) is 2.08. The summed E-state index contributed by atoms with van der Waals surface area (Å²) in [5.74, 6) is 0.00594. The van der Waals surface area contributed by atoms with Crippen LogP contribution in [-0.2, 0) is 24.1 Å². The summed E-state index contributed by atoms with van der Waals surface area (Å²) in [6, 6.07) is 14.0. The van der Waals surface area contributed by atoms with Crippen LogP contribution in [0.25, 0.3) is 0 Å². The number of anilines is 1. The van der Waals surface area contributed by atoms with Gasteiger partial charge >= 0.3 is 0 Å². The van der Waals surface area contributed by atoms with Crippen LogP contribution in [0, 0.1) is 0 Å². The number of rotatable bonds is 4. The van der Waals surface area contributed by atoms with E-state index in [2.05, 4.69) is 18.3 Å². The van der Waals surface area contributed by atoms with Crippen LogP contribution in [0.3, 0.4) is 0 Å². The predicted octanol–water partition coefficient (Wildman–Crippen LogP) is 3.02. The lowest BCUT2D eigenvalue weighted by Crippen LogP contribution is -2.08. The van der Waals surface area contributed by atoms with E-state index in [9.17, 15) is 9.90 Å². The zero-order valence-corrected chi connectivity index (χ0v) is 12.1. The third-order valence-electron chi connectivity index (χ3n) is 3.96. The molecule has 1 aliphatic heterocycles. The summed E-state index contributed by atoms with van der Waals surface area (Å²) in [4.78, 5) is 11.6. The number of aliphatic hydroxyl groups excluding tert-OH is 1. The average molecular weight is 281 g/mol. The van der Waals surface area contributed by atoms with Crippen molar-refractivity contribution >= 4 is 11.6 Å². The molecule has 0 spiro atoms. The van der Waals surface area contributed by atoms with E-state index in [1.807, 2.05) is 36.4 Å². The molecule has 2 aromatic rings. The number of hydrogen-bond donors (Lipinski definition) is 2. The molecule has 1 heterocycles. The Morgan fingerprint density at radius 1 is 1.19 bits per heavy atom. The van der Waals surface area contributed by atoms with E-state index in [0.29, 0.717) is 12.8 Å². The molecule has 2 N–H and O–H groups in total. The number of amides is 1. The lowest BCUT2D eigenvalue weighted by molar-refractivity contribution is -0.115. The monoisotopic (exact) mass is 281 g/mol. The van der Waals surface area contributed by atoms with Crippen LogP contribution in [0.2, 0.25) is 0 Å². The van der Waals surface area contributed by atoms with Crippen LogP contribution in [0.1, 0.15) is 35.3 Å². The van der Waals surface area contributed by atoms with Gasteiger partial charge in [-0.1, -0.05) is 49.4 Å². The molecule has 21 heavy (non-hydrogen) atoms. The molecule has 2 aromatic carbocycles. The van der Waals surface area contributed by atoms with E-state index < -0.39 is 6.10 Å². The Bertz CT molecular complexity index is 664. The Hall–Kier alpha value is -2.13. The number of benzene rings is 2. The van der Waals surface area contributed by atoms with Gasteiger partial charge in [-0.2, -0.15) is 0 Å². The number of aryl methyl sites for hydroxylation is 1. The molecule has 0 radical (unpaired) electrons. The number of hydrogen-bond acceptors (Lipinski definition) is 2. The maximum Gasteiger partial charge on any atom is 0.228 e. The number of carbonyl (C=O) groups excluding carboxylic acids is 1. The highest BCUT2D eigenvalue weighted by atomic mass is 16.3. The van der Waals surface area contributed by atoms with E-state index in [4.69, 9.17) is 0 Å². The topological polar surface area (TPSA) is 49.3 Å². The van der Waals surface area contributed by atoms with Crippen molar-refractivity contribution in [2.45, 2.75) is 32.3 Å². The van der Waals surface area contributed by atoms with Crippen LogP contribution in [-0.4, -0.2) is 11.0 Å². The second-order valence-corrected chi connectivity index (χ2v) is 5.50. The van der Waals surface area contributed by atoms with Gasteiger partial charge in [0.05, 0.1) is 18.2 Å².